The summed E-state index contributed by atoms with van der Waals surface area (Å²) < 4.78 is 5.85. The van der Waals surface area contributed by atoms with Crippen LogP contribution in [0.3, 0.4) is 0 Å². The van der Waals surface area contributed by atoms with Crippen molar-refractivity contribution in [2.75, 3.05) is 16.8 Å². The highest BCUT2D eigenvalue weighted by atomic mass is 16.5. The number of hydrogen-bond acceptors (Lipinski definition) is 3. The first-order chi connectivity index (χ1) is 13.2. The molecule has 0 saturated carbocycles. The Morgan fingerprint density at radius 3 is 2.57 bits per heavy atom. The highest BCUT2D eigenvalue weighted by Crippen LogP contribution is 2.27. The first-order valence-corrected chi connectivity index (χ1v) is 9.72. The van der Waals surface area contributed by atoms with E-state index in [9.17, 15) is 9.59 Å². The standard InChI is InChI=1S/C23H28N2O3/c1-16(28-20-11-5-8-17(14-20)23(2,3)4)22(27)24-18-9-6-10-19(15-18)25-13-7-12-21(25)26/h5-6,8-11,14-16H,7,12-13H2,1-4H3,(H,24,27). The van der Waals surface area contributed by atoms with Gasteiger partial charge in [-0.05, 0) is 54.7 Å². The fourth-order valence-corrected chi connectivity index (χ4v) is 3.21. The highest BCUT2D eigenvalue weighted by molar-refractivity contribution is 5.97. The van der Waals surface area contributed by atoms with Crippen molar-refractivity contribution in [3.05, 3.63) is 54.1 Å². The van der Waals surface area contributed by atoms with Crippen LogP contribution in [-0.2, 0) is 15.0 Å². The van der Waals surface area contributed by atoms with Crippen molar-refractivity contribution in [1.29, 1.82) is 0 Å². The maximum absolute atomic E-state index is 12.6. The van der Waals surface area contributed by atoms with Gasteiger partial charge in [0, 0.05) is 24.3 Å². The van der Waals surface area contributed by atoms with Crippen LogP contribution in [0.2, 0.25) is 0 Å². The molecule has 1 atom stereocenters. The van der Waals surface area contributed by atoms with Crippen molar-refractivity contribution >= 4 is 23.2 Å². The molecule has 2 aromatic rings. The van der Waals surface area contributed by atoms with E-state index in [-0.39, 0.29) is 17.2 Å². The summed E-state index contributed by atoms with van der Waals surface area (Å²) >= 11 is 0. The minimum absolute atomic E-state index is 0.0122. The van der Waals surface area contributed by atoms with E-state index in [1.54, 1.807) is 11.8 Å². The number of carbonyl (C=O) groups is 2. The van der Waals surface area contributed by atoms with Gasteiger partial charge in [0.05, 0.1) is 0 Å². The second-order valence-electron chi connectivity index (χ2n) is 8.23. The molecule has 0 radical (unpaired) electrons. The Kier molecular flexibility index (Phi) is 5.73. The average molecular weight is 380 g/mol. The Morgan fingerprint density at radius 2 is 1.89 bits per heavy atom. The monoisotopic (exact) mass is 380 g/mol. The van der Waals surface area contributed by atoms with Gasteiger partial charge in [-0.2, -0.15) is 0 Å². The molecule has 0 spiro atoms. The van der Waals surface area contributed by atoms with Crippen molar-refractivity contribution in [1.82, 2.24) is 0 Å². The lowest BCUT2D eigenvalue weighted by molar-refractivity contribution is -0.122. The molecule has 2 aromatic carbocycles. The van der Waals surface area contributed by atoms with E-state index in [1.165, 1.54) is 0 Å². The summed E-state index contributed by atoms with van der Waals surface area (Å²) in [5, 5.41) is 2.88. The van der Waals surface area contributed by atoms with Gasteiger partial charge in [0.25, 0.3) is 5.91 Å². The Hall–Kier alpha value is -2.82. The lowest BCUT2D eigenvalue weighted by Crippen LogP contribution is -2.30. The van der Waals surface area contributed by atoms with E-state index in [1.807, 2.05) is 42.5 Å². The van der Waals surface area contributed by atoms with Crippen LogP contribution >= 0.6 is 0 Å². The highest BCUT2D eigenvalue weighted by Gasteiger charge is 2.22. The topological polar surface area (TPSA) is 58.6 Å². The van der Waals surface area contributed by atoms with E-state index in [4.69, 9.17) is 4.74 Å². The molecular formula is C23H28N2O3. The first-order valence-electron chi connectivity index (χ1n) is 9.72. The SMILES string of the molecule is CC(Oc1cccc(C(C)(C)C)c1)C(=O)Nc1cccc(N2CCCC2=O)c1. The summed E-state index contributed by atoms with van der Waals surface area (Å²) in [6.07, 6.45) is 0.801. The number of nitrogens with zero attached hydrogens (tertiary/aromatic N) is 1. The molecule has 0 aromatic heterocycles. The zero-order valence-corrected chi connectivity index (χ0v) is 17.0. The zero-order valence-electron chi connectivity index (χ0n) is 17.0. The number of anilines is 2. The largest absolute Gasteiger partial charge is 0.481 e. The van der Waals surface area contributed by atoms with Gasteiger partial charge in [0.2, 0.25) is 5.91 Å². The molecule has 5 nitrogen and oxygen atoms in total. The first kappa shape index (κ1) is 19.9. The predicted molar refractivity (Wildman–Crippen MR) is 112 cm³/mol. The molecule has 1 aliphatic heterocycles. The fraction of sp³-hybridized carbons (Fsp3) is 0.391. The number of nitrogens with one attached hydrogen (secondary N) is 1. The Balaban J connectivity index is 1.66. The summed E-state index contributed by atoms with van der Waals surface area (Å²) in [6, 6.07) is 15.2. The number of ether oxygens (including phenoxy) is 1. The zero-order chi connectivity index (χ0) is 20.3. The summed E-state index contributed by atoms with van der Waals surface area (Å²) in [5.41, 5.74) is 2.63. The molecule has 2 amide bonds. The van der Waals surface area contributed by atoms with Crippen LogP contribution in [0.4, 0.5) is 11.4 Å². The van der Waals surface area contributed by atoms with E-state index in [2.05, 4.69) is 32.2 Å². The van der Waals surface area contributed by atoms with E-state index in [0.29, 0.717) is 17.9 Å². The van der Waals surface area contributed by atoms with Gasteiger partial charge < -0.3 is 15.0 Å². The van der Waals surface area contributed by atoms with Crippen LogP contribution in [0.1, 0.15) is 46.1 Å². The second kappa shape index (κ2) is 8.05. The molecule has 5 heteroatoms. The molecule has 1 aliphatic rings. The van der Waals surface area contributed by atoms with Crippen molar-refractivity contribution in [2.24, 2.45) is 0 Å². The lowest BCUT2D eigenvalue weighted by atomic mass is 9.87. The van der Waals surface area contributed by atoms with Gasteiger partial charge in [-0.1, -0.05) is 39.0 Å². The van der Waals surface area contributed by atoms with Crippen molar-refractivity contribution < 1.29 is 14.3 Å². The molecule has 0 aliphatic carbocycles. The van der Waals surface area contributed by atoms with Crippen LogP contribution in [0.15, 0.2) is 48.5 Å². The second-order valence-corrected chi connectivity index (χ2v) is 8.23. The van der Waals surface area contributed by atoms with Gasteiger partial charge in [-0.3, -0.25) is 9.59 Å². The van der Waals surface area contributed by atoms with Crippen LogP contribution in [0.5, 0.6) is 5.75 Å². The molecule has 1 heterocycles. The molecular weight excluding hydrogens is 352 g/mol. The molecule has 1 fully saturated rings. The third kappa shape index (κ3) is 4.71. The molecule has 1 saturated heterocycles. The Bertz CT molecular complexity index is 870. The summed E-state index contributed by atoms with van der Waals surface area (Å²) in [7, 11) is 0. The molecule has 28 heavy (non-hydrogen) atoms. The summed E-state index contributed by atoms with van der Waals surface area (Å²) in [6.45, 7) is 8.87. The Morgan fingerprint density at radius 1 is 1.14 bits per heavy atom. The molecule has 0 bridgehead atoms. The van der Waals surface area contributed by atoms with Crippen molar-refractivity contribution in [3.8, 4) is 5.75 Å². The van der Waals surface area contributed by atoms with Crippen molar-refractivity contribution in [3.63, 3.8) is 0 Å². The van der Waals surface area contributed by atoms with E-state index >= 15 is 0 Å². The van der Waals surface area contributed by atoms with Crippen LogP contribution in [0, 0.1) is 0 Å². The number of rotatable bonds is 5. The van der Waals surface area contributed by atoms with Gasteiger partial charge in [0.1, 0.15) is 5.75 Å². The third-order valence-corrected chi connectivity index (χ3v) is 4.88. The third-order valence-electron chi connectivity index (χ3n) is 4.88. The van der Waals surface area contributed by atoms with Gasteiger partial charge >= 0.3 is 0 Å². The average Bonchev–Trinajstić information content (AvgIpc) is 3.07. The maximum atomic E-state index is 12.6. The normalized spacial score (nSPS) is 15.4. The van der Waals surface area contributed by atoms with Crippen molar-refractivity contribution in [2.45, 2.75) is 52.1 Å². The van der Waals surface area contributed by atoms with E-state index < -0.39 is 6.10 Å². The minimum atomic E-state index is -0.646. The number of amides is 2. The van der Waals surface area contributed by atoms with Crippen LogP contribution in [-0.4, -0.2) is 24.5 Å². The number of benzene rings is 2. The predicted octanol–water partition coefficient (Wildman–Crippen LogP) is 4.52. The lowest BCUT2D eigenvalue weighted by Gasteiger charge is -2.21. The minimum Gasteiger partial charge on any atom is -0.481 e. The molecule has 148 valence electrons. The quantitative estimate of drug-likeness (QED) is 0.830. The van der Waals surface area contributed by atoms with Crippen LogP contribution in [0.25, 0.3) is 0 Å². The summed E-state index contributed by atoms with van der Waals surface area (Å²) in [4.78, 5) is 26.3. The van der Waals surface area contributed by atoms with E-state index in [0.717, 1.165) is 24.2 Å². The van der Waals surface area contributed by atoms with Crippen LogP contribution < -0.4 is 15.0 Å². The molecule has 3 rings (SSSR count). The van der Waals surface area contributed by atoms with Gasteiger partial charge in [-0.25, -0.2) is 0 Å². The summed E-state index contributed by atoms with van der Waals surface area (Å²) in [5.74, 6) is 0.566. The Labute approximate surface area is 166 Å². The fourth-order valence-electron chi connectivity index (χ4n) is 3.21. The maximum Gasteiger partial charge on any atom is 0.265 e. The molecule has 1 N–H and O–H groups in total. The van der Waals surface area contributed by atoms with Gasteiger partial charge in [0.15, 0.2) is 6.10 Å². The smallest absolute Gasteiger partial charge is 0.265 e. The number of carbonyl (C=O) groups excluding carboxylic acids is 2. The molecule has 1 unspecified atom stereocenters. The van der Waals surface area contributed by atoms with Gasteiger partial charge in [-0.15, -0.1) is 0 Å². The number of hydrogen-bond donors (Lipinski definition) is 1.